The van der Waals surface area contributed by atoms with Gasteiger partial charge in [-0.1, -0.05) is 62.4 Å². The summed E-state index contributed by atoms with van der Waals surface area (Å²) in [6, 6.07) is 14.3. The van der Waals surface area contributed by atoms with E-state index in [-0.39, 0.29) is 0 Å². The number of anilines is 1. The fraction of sp³-hybridized carbons (Fsp3) is 0.391. The van der Waals surface area contributed by atoms with Crippen LogP contribution in [0.25, 0.3) is 0 Å². The van der Waals surface area contributed by atoms with E-state index in [0.717, 1.165) is 0 Å². The molecule has 1 heteroatoms. The molecule has 3 atom stereocenters. The van der Waals surface area contributed by atoms with Crippen molar-refractivity contribution in [3.05, 3.63) is 76.4 Å². The molecule has 3 unspecified atom stereocenters. The van der Waals surface area contributed by atoms with Gasteiger partial charge < -0.3 is 5.32 Å². The molecule has 1 nitrogen and oxygen atoms in total. The largest absolute Gasteiger partial charge is 0.377 e. The Bertz CT molecular complexity index is 782. The minimum atomic E-state index is 0.402. The summed E-state index contributed by atoms with van der Waals surface area (Å²) in [7, 11) is 0. The molecule has 4 rings (SSSR count). The van der Waals surface area contributed by atoms with Crippen molar-refractivity contribution in [1.29, 1.82) is 0 Å². The summed E-state index contributed by atoms with van der Waals surface area (Å²) in [6.45, 7) is 8.97. The van der Waals surface area contributed by atoms with Crippen LogP contribution < -0.4 is 5.32 Å². The van der Waals surface area contributed by atoms with Crippen LogP contribution in [0.2, 0.25) is 0 Å². The van der Waals surface area contributed by atoms with E-state index < -0.39 is 0 Å². The van der Waals surface area contributed by atoms with E-state index >= 15 is 0 Å². The number of allylic oxidation sites excluding steroid dienone is 2. The van der Waals surface area contributed by atoms with Gasteiger partial charge in [-0.2, -0.15) is 0 Å². The maximum absolute atomic E-state index is 3.90. The van der Waals surface area contributed by atoms with Crippen molar-refractivity contribution < 1.29 is 0 Å². The molecule has 0 bridgehead atoms. The highest BCUT2D eigenvalue weighted by atomic mass is 15.0. The molecule has 24 heavy (non-hydrogen) atoms. The van der Waals surface area contributed by atoms with Crippen LogP contribution in [0.1, 0.15) is 66.0 Å². The van der Waals surface area contributed by atoms with Crippen molar-refractivity contribution in [2.45, 2.75) is 52.0 Å². The average Bonchev–Trinajstić information content (AvgIpc) is 3.07. The second kappa shape index (κ2) is 5.81. The number of fused-ring (bicyclic) bond motifs is 3. The predicted molar refractivity (Wildman–Crippen MR) is 103 cm³/mol. The third kappa shape index (κ3) is 2.38. The van der Waals surface area contributed by atoms with Gasteiger partial charge in [0.05, 0.1) is 6.04 Å². The van der Waals surface area contributed by atoms with Crippen molar-refractivity contribution in [3.63, 3.8) is 0 Å². The minimum absolute atomic E-state index is 0.402. The van der Waals surface area contributed by atoms with Gasteiger partial charge in [0, 0.05) is 11.6 Å². The van der Waals surface area contributed by atoms with E-state index in [2.05, 4.69) is 81.6 Å². The minimum Gasteiger partial charge on any atom is -0.377 e. The summed E-state index contributed by atoms with van der Waals surface area (Å²) in [6.07, 6.45) is 5.96. The normalized spacial score (nSPS) is 24.6. The first kappa shape index (κ1) is 15.5. The number of hydrogen-bond acceptors (Lipinski definition) is 1. The lowest BCUT2D eigenvalue weighted by Gasteiger charge is -2.38. The monoisotopic (exact) mass is 317 g/mol. The summed E-state index contributed by atoms with van der Waals surface area (Å²) >= 11 is 0. The fourth-order valence-corrected chi connectivity index (χ4v) is 4.34. The van der Waals surface area contributed by atoms with E-state index in [9.17, 15) is 0 Å². The molecule has 0 amide bonds. The molecule has 0 spiro atoms. The van der Waals surface area contributed by atoms with Gasteiger partial charge in [0.15, 0.2) is 0 Å². The Morgan fingerprint density at radius 2 is 1.75 bits per heavy atom. The lowest BCUT2D eigenvalue weighted by atomic mass is 9.76. The van der Waals surface area contributed by atoms with E-state index in [0.29, 0.717) is 23.8 Å². The zero-order valence-electron chi connectivity index (χ0n) is 15.1. The molecule has 0 radical (unpaired) electrons. The Morgan fingerprint density at radius 3 is 2.46 bits per heavy atom. The molecular weight excluding hydrogens is 290 g/mol. The lowest BCUT2D eigenvalue weighted by molar-refractivity contribution is 0.425. The maximum atomic E-state index is 3.90. The molecule has 124 valence electrons. The van der Waals surface area contributed by atoms with Gasteiger partial charge in [0.25, 0.3) is 0 Å². The molecule has 1 aliphatic carbocycles. The lowest BCUT2D eigenvalue weighted by Crippen LogP contribution is -2.29. The molecule has 0 saturated heterocycles. The topological polar surface area (TPSA) is 12.0 Å². The number of rotatable bonds is 2. The van der Waals surface area contributed by atoms with Crippen LogP contribution >= 0.6 is 0 Å². The first-order chi connectivity index (χ1) is 11.6. The van der Waals surface area contributed by atoms with Crippen molar-refractivity contribution >= 4 is 5.69 Å². The summed E-state index contributed by atoms with van der Waals surface area (Å²) in [5.74, 6) is 1.77. The number of aryl methyl sites for hydroxylation is 1. The van der Waals surface area contributed by atoms with Crippen molar-refractivity contribution in [3.8, 4) is 0 Å². The van der Waals surface area contributed by atoms with Gasteiger partial charge in [-0.15, -0.1) is 0 Å². The maximum Gasteiger partial charge on any atom is 0.0554 e. The highest BCUT2D eigenvalue weighted by Crippen LogP contribution is 2.50. The van der Waals surface area contributed by atoms with Crippen LogP contribution in [0.4, 0.5) is 5.69 Å². The second-order valence-corrected chi connectivity index (χ2v) is 7.77. The molecule has 1 aliphatic heterocycles. The van der Waals surface area contributed by atoms with Gasteiger partial charge in [-0.3, -0.25) is 0 Å². The van der Waals surface area contributed by atoms with Crippen molar-refractivity contribution in [2.75, 3.05) is 5.32 Å². The third-order valence-corrected chi connectivity index (χ3v) is 6.03. The number of benzene rings is 2. The average molecular weight is 317 g/mol. The smallest absolute Gasteiger partial charge is 0.0554 e. The van der Waals surface area contributed by atoms with Crippen molar-refractivity contribution in [2.24, 2.45) is 5.92 Å². The van der Waals surface area contributed by atoms with Crippen LogP contribution in [0.15, 0.2) is 48.6 Å². The third-order valence-electron chi connectivity index (χ3n) is 6.03. The summed E-state index contributed by atoms with van der Waals surface area (Å²) in [5, 5.41) is 3.90. The quantitative estimate of drug-likeness (QED) is 0.645. The second-order valence-electron chi connectivity index (χ2n) is 7.77. The van der Waals surface area contributed by atoms with Crippen LogP contribution in [-0.4, -0.2) is 0 Å². The summed E-state index contributed by atoms with van der Waals surface area (Å²) in [5.41, 5.74) is 8.45. The van der Waals surface area contributed by atoms with Crippen LogP contribution in [0.5, 0.6) is 0 Å². The van der Waals surface area contributed by atoms with Gasteiger partial charge >= 0.3 is 0 Å². The van der Waals surface area contributed by atoms with Gasteiger partial charge in [0.2, 0.25) is 0 Å². The zero-order chi connectivity index (χ0) is 16.8. The zero-order valence-corrected chi connectivity index (χ0v) is 15.1. The number of nitrogens with one attached hydrogen (secondary N) is 1. The first-order valence-corrected chi connectivity index (χ1v) is 9.19. The molecule has 0 fully saturated rings. The molecule has 2 aliphatic rings. The molecular formula is C23H27N. The number of hydrogen-bond donors (Lipinski definition) is 1. The first-order valence-electron chi connectivity index (χ1n) is 9.19. The SMILES string of the molecule is Cc1ccc2c(c1C)NC(c1ccc(C(C)C)cc1)C1CC=CC21. The Balaban J connectivity index is 1.76. The van der Waals surface area contributed by atoms with Crippen LogP contribution in [0, 0.1) is 19.8 Å². The Kier molecular flexibility index (Phi) is 3.75. The molecule has 1 heterocycles. The van der Waals surface area contributed by atoms with E-state index in [1.807, 2.05) is 0 Å². The summed E-state index contributed by atoms with van der Waals surface area (Å²) in [4.78, 5) is 0. The Labute approximate surface area is 145 Å². The highest BCUT2D eigenvalue weighted by molar-refractivity contribution is 5.65. The van der Waals surface area contributed by atoms with E-state index in [4.69, 9.17) is 0 Å². The van der Waals surface area contributed by atoms with Gasteiger partial charge in [-0.25, -0.2) is 0 Å². The van der Waals surface area contributed by atoms with Crippen LogP contribution in [0.3, 0.4) is 0 Å². The Morgan fingerprint density at radius 1 is 1.00 bits per heavy atom. The Hall–Kier alpha value is -2.02. The predicted octanol–water partition coefficient (Wildman–Crippen LogP) is 6.25. The molecule has 0 saturated carbocycles. The van der Waals surface area contributed by atoms with E-state index in [1.54, 1.807) is 0 Å². The molecule has 0 aromatic heterocycles. The summed E-state index contributed by atoms with van der Waals surface area (Å²) < 4.78 is 0. The molecule has 1 N–H and O–H groups in total. The molecule has 2 aromatic carbocycles. The standard InChI is InChI=1S/C23H27N/c1-14(2)17-9-11-18(12-10-17)23-20-7-5-6-19(20)21-13-8-15(3)16(4)22(21)24-23/h5-6,8-14,19-20,23-24H,7H2,1-4H3. The van der Waals surface area contributed by atoms with Crippen LogP contribution in [-0.2, 0) is 0 Å². The highest BCUT2D eigenvalue weighted by Gasteiger charge is 2.38. The van der Waals surface area contributed by atoms with Gasteiger partial charge in [0.1, 0.15) is 0 Å². The van der Waals surface area contributed by atoms with E-state index in [1.165, 1.54) is 39.9 Å². The van der Waals surface area contributed by atoms with Gasteiger partial charge in [-0.05, 0) is 59.9 Å². The fourth-order valence-electron chi connectivity index (χ4n) is 4.34. The molecule has 2 aromatic rings. The van der Waals surface area contributed by atoms with Crippen molar-refractivity contribution in [1.82, 2.24) is 0 Å².